The van der Waals surface area contributed by atoms with Crippen molar-refractivity contribution in [3.63, 3.8) is 0 Å². The molecule has 10 atom stereocenters. The van der Waals surface area contributed by atoms with Crippen LogP contribution in [-0.2, 0) is 14.3 Å². The number of carbonyl (C=O) groups excluding carboxylic acids is 1. The molecule has 13 heteroatoms. The highest BCUT2D eigenvalue weighted by atomic mass is 16.7. The van der Waals surface area contributed by atoms with E-state index < -0.39 is 79.8 Å². The molecule has 13 nitrogen and oxygen atoms in total. The predicted octanol–water partition coefficient (Wildman–Crippen LogP) is -6.52. The van der Waals surface area contributed by atoms with E-state index in [2.05, 4.69) is 4.74 Å². The maximum atomic E-state index is 11.1. The summed E-state index contributed by atoms with van der Waals surface area (Å²) in [5, 5.41) is 82.0. The molecule has 0 aromatic carbocycles. The molecule has 2 rings (SSSR count). The van der Waals surface area contributed by atoms with E-state index in [0.717, 1.165) is 6.92 Å². The van der Waals surface area contributed by atoms with Crippen LogP contribution in [0.3, 0.4) is 0 Å². The lowest BCUT2D eigenvalue weighted by molar-refractivity contribution is -0.296. The highest BCUT2D eigenvalue weighted by molar-refractivity contribution is 5.84. The molecule has 2 saturated heterocycles. The van der Waals surface area contributed by atoms with Crippen LogP contribution in [0.4, 0.5) is 0 Å². The first kappa shape index (κ1) is 24.2. The number of aliphatic hydroxyl groups excluding tert-OH is 8. The van der Waals surface area contributed by atoms with E-state index in [1.807, 2.05) is 0 Å². The van der Waals surface area contributed by atoms with Crippen molar-refractivity contribution in [2.24, 2.45) is 5.73 Å². The molecular weight excluding hydrogens is 374 g/mol. The first-order chi connectivity index (χ1) is 12.4. The zero-order valence-corrected chi connectivity index (χ0v) is 14.4. The van der Waals surface area contributed by atoms with Crippen molar-refractivity contribution in [1.82, 2.24) is 0 Å². The molecule has 0 aromatic heterocycles. The van der Waals surface area contributed by atoms with Crippen molar-refractivity contribution in [2.75, 3.05) is 13.2 Å². The summed E-state index contributed by atoms with van der Waals surface area (Å²) in [6, 6.07) is -1.45. The molecule has 0 saturated carbocycles. The van der Waals surface area contributed by atoms with Gasteiger partial charge in [-0.25, -0.2) is 0 Å². The van der Waals surface area contributed by atoms with E-state index in [1.54, 1.807) is 0 Å². The summed E-state index contributed by atoms with van der Waals surface area (Å²) < 4.78 is 9.38. The highest BCUT2D eigenvalue weighted by Crippen LogP contribution is 2.27. The molecule has 0 aromatic rings. The summed E-state index contributed by atoms with van der Waals surface area (Å²) in [6.07, 6.45) is -11.3. The minimum absolute atomic E-state index is 0.526. The third kappa shape index (κ3) is 4.97. The van der Waals surface area contributed by atoms with Crippen LogP contribution in [0.25, 0.3) is 0 Å². The molecule has 0 amide bonds. The lowest BCUT2D eigenvalue weighted by Crippen LogP contribution is -2.70. The van der Waals surface area contributed by atoms with Crippen molar-refractivity contribution in [1.29, 1.82) is 0 Å². The molecule has 0 spiro atoms. The summed E-state index contributed by atoms with van der Waals surface area (Å²) in [5.74, 6) is -3.16. The van der Waals surface area contributed by atoms with Gasteiger partial charge >= 0.3 is 0 Å². The molecule has 160 valence electrons. The zero-order valence-electron chi connectivity index (χ0n) is 14.4. The molecule has 2 fully saturated rings. The van der Waals surface area contributed by atoms with Crippen LogP contribution in [0.15, 0.2) is 0 Å². The van der Waals surface area contributed by atoms with E-state index in [1.165, 1.54) is 0 Å². The number of ether oxygens (including phenoxy) is 2. The fourth-order valence-corrected chi connectivity index (χ4v) is 2.59. The van der Waals surface area contributed by atoms with Crippen LogP contribution in [0.5, 0.6) is 0 Å². The number of hydrogen-bond acceptors (Lipinski definition) is 13. The molecule has 0 radical (unpaired) electrons. The topological polar surface area (TPSA) is 244 Å². The van der Waals surface area contributed by atoms with E-state index in [0.29, 0.717) is 0 Å². The van der Waals surface area contributed by atoms with E-state index >= 15 is 0 Å². The Labute approximate surface area is 153 Å². The normalized spacial score (nSPS) is 47.7. The Balaban J connectivity index is 0.000000277. The molecule has 27 heavy (non-hydrogen) atoms. The van der Waals surface area contributed by atoms with Gasteiger partial charge in [0.15, 0.2) is 12.1 Å². The first-order valence-corrected chi connectivity index (χ1v) is 8.04. The van der Waals surface area contributed by atoms with Crippen LogP contribution >= 0.6 is 0 Å². The summed E-state index contributed by atoms with van der Waals surface area (Å²) in [5.41, 5.74) is 5.38. The van der Waals surface area contributed by atoms with Crippen LogP contribution in [0, 0.1) is 0 Å². The Morgan fingerprint density at radius 3 is 1.81 bits per heavy atom. The molecule has 0 aliphatic carbocycles. The van der Waals surface area contributed by atoms with Gasteiger partial charge in [-0.2, -0.15) is 0 Å². The molecule has 2 aliphatic heterocycles. The number of ketones is 1. The fourth-order valence-electron chi connectivity index (χ4n) is 2.59. The lowest BCUT2D eigenvalue weighted by Gasteiger charge is -2.44. The van der Waals surface area contributed by atoms with Gasteiger partial charge in [0.1, 0.15) is 42.7 Å². The number of Topliss-reactive ketones (excluding diaryl/α,β-unsaturated/α-hetero) is 1. The lowest BCUT2D eigenvalue weighted by atomic mass is 9.89. The smallest absolute Gasteiger partial charge is 0.244 e. The number of hydrogen-bond donors (Lipinski definition) is 10. The van der Waals surface area contributed by atoms with Crippen LogP contribution < -0.4 is 5.73 Å². The van der Waals surface area contributed by atoms with Crippen LogP contribution in [0.2, 0.25) is 0 Å². The van der Waals surface area contributed by atoms with Crippen molar-refractivity contribution in [3.8, 4) is 0 Å². The average Bonchev–Trinajstić information content (AvgIpc) is 2.64. The Morgan fingerprint density at radius 2 is 1.37 bits per heavy atom. The predicted molar refractivity (Wildman–Crippen MR) is 83.6 cm³/mol. The molecular formula is C14H27NO12. The van der Waals surface area contributed by atoms with Crippen LogP contribution in [0.1, 0.15) is 6.92 Å². The molecule has 0 bridgehead atoms. The van der Waals surface area contributed by atoms with Crippen molar-refractivity contribution >= 4 is 5.78 Å². The van der Waals surface area contributed by atoms with Crippen molar-refractivity contribution in [2.45, 2.75) is 67.8 Å². The van der Waals surface area contributed by atoms with E-state index in [9.17, 15) is 20.1 Å². The Morgan fingerprint density at radius 1 is 0.889 bits per heavy atom. The SMILES string of the molecule is CC(=O)[C@]1(O)O[C@H](CO)[C@@H](O)[C@H](O)[C@H]1N.OC[C@H]1O[C@H](O)[C@@H](O)[C@@H](O)[C@@H]1O. The summed E-state index contributed by atoms with van der Waals surface area (Å²) in [4.78, 5) is 11.1. The summed E-state index contributed by atoms with van der Waals surface area (Å²) >= 11 is 0. The Kier molecular flexibility index (Phi) is 8.61. The maximum absolute atomic E-state index is 11.1. The third-order valence-electron chi connectivity index (χ3n) is 4.43. The standard InChI is InChI=1S/C8H15NO6.C6H12O6/c1-3(11)8(14)7(9)6(13)5(12)4(2-10)15-8;7-1-2-3(8)4(9)5(10)6(11)12-2/h4-7,10,12-14H,2,9H2,1H3;2-11H,1H2/t4-,5-,6+,7-,8+;2-,3-,4+,5+,6+/m11/s1. The molecule has 11 N–H and O–H groups in total. The molecule has 2 aliphatic rings. The van der Waals surface area contributed by atoms with Gasteiger partial charge in [-0.1, -0.05) is 0 Å². The highest BCUT2D eigenvalue weighted by Gasteiger charge is 2.54. The largest absolute Gasteiger partial charge is 0.394 e. The van der Waals surface area contributed by atoms with Gasteiger partial charge in [0.2, 0.25) is 5.79 Å². The van der Waals surface area contributed by atoms with Crippen molar-refractivity contribution < 1.29 is 60.2 Å². The Hall–Kier alpha value is -0.810. The third-order valence-corrected chi connectivity index (χ3v) is 4.43. The van der Waals surface area contributed by atoms with Gasteiger partial charge in [-0.15, -0.1) is 0 Å². The Bertz CT molecular complexity index is 488. The van der Waals surface area contributed by atoms with Gasteiger partial charge in [0.05, 0.1) is 19.3 Å². The van der Waals surface area contributed by atoms with Gasteiger partial charge in [0, 0.05) is 6.92 Å². The molecule has 0 unspecified atom stereocenters. The second kappa shape index (κ2) is 9.60. The monoisotopic (exact) mass is 401 g/mol. The maximum Gasteiger partial charge on any atom is 0.244 e. The van der Waals surface area contributed by atoms with Gasteiger partial charge in [0.25, 0.3) is 0 Å². The number of rotatable bonds is 3. The minimum Gasteiger partial charge on any atom is -0.394 e. The van der Waals surface area contributed by atoms with E-state index in [4.69, 9.17) is 41.1 Å². The van der Waals surface area contributed by atoms with Gasteiger partial charge in [-0.3, -0.25) is 4.79 Å². The van der Waals surface area contributed by atoms with Crippen molar-refractivity contribution in [3.05, 3.63) is 0 Å². The zero-order chi connectivity index (χ0) is 21.1. The molecule has 2 heterocycles. The second-order valence-electron chi connectivity index (χ2n) is 6.32. The number of aliphatic hydroxyl groups is 9. The van der Waals surface area contributed by atoms with Gasteiger partial charge < -0.3 is 61.2 Å². The average molecular weight is 401 g/mol. The number of carbonyl (C=O) groups is 1. The minimum atomic E-state index is -2.37. The number of nitrogens with two attached hydrogens (primary N) is 1. The summed E-state index contributed by atoms with van der Waals surface area (Å²) in [7, 11) is 0. The first-order valence-electron chi connectivity index (χ1n) is 8.04. The van der Waals surface area contributed by atoms with Crippen LogP contribution in [-0.4, -0.2) is 126 Å². The summed E-state index contributed by atoms with van der Waals surface area (Å²) in [6.45, 7) is -0.124. The second-order valence-corrected chi connectivity index (χ2v) is 6.32. The van der Waals surface area contributed by atoms with Gasteiger partial charge in [-0.05, 0) is 0 Å². The fraction of sp³-hybridized carbons (Fsp3) is 0.929. The van der Waals surface area contributed by atoms with E-state index in [-0.39, 0.29) is 0 Å². The quantitative estimate of drug-likeness (QED) is 0.212.